The monoisotopic (exact) mass is 370 g/mol. The van der Waals surface area contributed by atoms with Gasteiger partial charge in [-0.15, -0.1) is 0 Å². The molecule has 0 bridgehead atoms. The third kappa shape index (κ3) is 4.38. The Hall–Kier alpha value is -2.21. The van der Waals surface area contributed by atoms with Crippen molar-refractivity contribution in [3.8, 4) is 11.6 Å². The summed E-state index contributed by atoms with van der Waals surface area (Å²) >= 11 is 0. The van der Waals surface area contributed by atoms with Gasteiger partial charge < -0.3 is 14.5 Å². The van der Waals surface area contributed by atoms with Crippen LogP contribution in [0.3, 0.4) is 0 Å². The molecule has 2 saturated heterocycles. The van der Waals surface area contributed by atoms with E-state index in [4.69, 9.17) is 4.74 Å². The molecule has 0 spiro atoms. The second kappa shape index (κ2) is 8.21. The number of piperidine rings is 2. The summed E-state index contributed by atoms with van der Waals surface area (Å²) in [6.07, 6.45) is 7.96. The number of aromatic nitrogens is 2. The first-order chi connectivity index (χ1) is 13.2. The Balaban J connectivity index is 1.39. The van der Waals surface area contributed by atoms with E-state index in [0.717, 1.165) is 24.5 Å². The molecule has 0 amide bonds. The van der Waals surface area contributed by atoms with Crippen LogP contribution in [0, 0.1) is 12.7 Å². The Labute approximate surface area is 160 Å². The molecule has 0 N–H and O–H groups in total. The minimum atomic E-state index is -0.264. The normalized spacial score (nSPS) is 19.3. The maximum Gasteiger partial charge on any atom is 0.224 e. The lowest BCUT2D eigenvalue weighted by Crippen LogP contribution is -2.46. The summed E-state index contributed by atoms with van der Waals surface area (Å²) in [6.45, 7) is 6.35. The van der Waals surface area contributed by atoms with Crippen LogP contribution in [-0.4, -0.2) is 47.1 Å². The molecule has 6 heteroatoms. The highest BCUT2D eigenvalue weighted by Crippen LogP contribution is 2.28. The van der Waals surface area contributed by atoms with E-state index in [1.54, 1.807) is 12.4 Å². The molecule has 2 fully saturated rings. The molecule has 0 saturated carbocycles. The highest BCUT2D eigenvalue weighted by Gasteiger charge is 2.26. The van der Waals surface area contributed by atoms with Crippen LogP contribution in [-0.2, 0) is 0 Å². The molecular formula is C21H27FN4O. The molecule has 144 valence electrons. The Morgan fingerprint density at radius 2 is 1.78 bits per heavy atom. The van der Waals surface area contributed by atoms with Crippen molar-refractivity contribution in [2.75, 3.05) is 31.1 Å². The summed E-state index contributed by atoms with van der Waals surface area (Å²) in [5, 5.41) is 0. The van der Waals surface area contributed by atoms with E-state index in [-0.39, 0.29) is 5.82 Å². The van der Waals surface area contributed by atoms with E-state index in [1.807, 2.05) is 13.0 Å². The molecule has 0 aliphatic carbocycles. The van der Waals surface area contributed by atoms with E-state index in [1.165, 1.54) is 57.3 Å². The number of anilines is 1. The molecule has 27 heavy (non-hydrogen) atoms. The minimum Gasteiger partial charge on any atom is -0.439 e. The molecule has 2 aliphatic rings. The van der Waals surface area contributed by atoms with Crippen LogP contribution in [0.2, 0.25) is 0 Å². The van der Waals surface area contributed by atoms with Crippen molar-refractivity contribution in [2.45, 2.75) is 45.1 Å². The van der Waals surface area contributed by atoms with Gasteiger partial charge in [0, 0.05) is 25.2 Å². The first-order valence-electron chi connectivity index (χ1n) is 9.94. The Morgan fingerprint density at radius 1 is 1.00 bits per heavy atom. The molecule has 3 heterocycles. The maximum atomic E-state index is 13.3. The highest BCUT2D eigenvalue weighted by molar-refractivity contribution is 5.43. The lowest BCUT2D eigenvalue weighted by atomic mass is 10.00. The van der Waals surface area contributed by atoms with Crippen molar-refractivity contribution in [1.29, 1.82) is 0 Å². The molecule has 0 unspecified atom stereocenters. The largest absolute Gasteiger partial charge is 0.439 e. The van der Waals surface area contributed by atoms with Gasteiger partial charge in [0.25, 0.3) is 0 Å². The van der Waals surface area contributed by atoms with E-state index in [9.17, 15) is 4.39 Å². The number of halogens is 1. The van der Waals surface area contributed by atoms with Crippen molar-refractivity contribution in [3.05, 3.63) is 42.0 Å². The smallest absolute Gasteiger partial charge is 0.224 e. The van der Waals surface area contributed by atoms with Crippen molar-refractivity contribution in [1.82, 2.24) is 14.9 Å². The van der Waals surface area contributed by atoms with Crippen molar-refractivity contribution in [2.24, 2.45) is 0 Å². The summed E-state index contributed by atoms with van der Waals surface area (Å²) in [4.78, 5) is 13.6. The SMILES string of the molecule is Cc1cc(F)ccc1Oc1cc(N2CCC(N3CCCCC3)CC2)ncn1. The highest BCUT2D eigenvalue weighted by atomic mass is 19.1. The molecule has 5 nitrogen and oxygen atoms in total. The van der Waals surface area contributed by atoms with E-state index < -0.39 is 0 Å². The van der Waals surface area contributed by atoms with Gasteiger partial charge in [0.2, 0.25) is 5.88 Å². The molecule has 2 aliphatic heterocycles. The Morgan fingerprint density at radius 3 is 2.52 bits per heavy atom. The average Bonchev–Trinajstić information content (AvgIpc) is 2.71. The van der Waals surface area contributed by atoms with Crippen LogP contribution < -0.4 is 9.64 Å². The third-order valence-corrected chi connectivity index (χ3v) is 5.67. The average molecular weight is 370 g/mol. The van der Waals surface area contributed by atoms with Crippen LogP contribution in [0.5, 0.6) is 11.6 Å². The number of likely N-dealkylation sites (tertiary alicyclic amines) is 1. The number of rotatable bonds is 4. The van der Waals surface area contributed by atoms with Gasteiger partial charge in [-0.2, -0.15) is 0 Å². The molecule has 1 aromatic carbocycles. The second-order valence-electron chi connectivity index (χ2n) is 7.54. The van der Waals surface area contributed by atoms with Crippen LogP contribution in [0.1, 0.15) is 37.7 Å². The summed E-state index contributed by atoms with van der Waals surface area (Å²) in [7, 11) is 0. The summed E-state index contributed by atoms with van der Waals surface area (Å²) in [5.74, 6) is 1.74. The van der Waals surface area contributed by atoms with Gasteiger partial charge in [-0.25, -0.2) is 14.4 Å². The van der Waals surface area contributed by atoms with E-state index in [0.29, 0.717) is 17.7 Å². The van der Waals surface area contributed by atoms with Gasteiger partial charge in [0.05, 0.1) is 0 Å². The lowest BCUT2D eigenvalue weighted by Gasteiger charge is -2.40. The van der Waals surface area contributed by atoms with Gasteiger partial charge >= 0.3 is 0 Å². The zero-order valence-corrected chi connectivity index (χ0v) is 15.9. The maximum absolute atomic E-state index is 13.3. The Kier molecular flexibility index (Phi) is 5.53. The fourth-order valence-electron chi connectivity index (χ4n) is 4.14. The fourth-order valence-corrected chi connectivity index (χ4v) is 4.14. The van der Waals surface area contributed by atoms with Gasteiger partial charge in [-0.05, 0) is 69.5 Å². The first kappa shape index (κ1) is 18.2. The van der Waals surface area contributed by atoms with Crippen molar-refractivity contribution in [3.63, 3.8) is 0 Å². The van der Waals surface area contributed by atoms with Gasteiger partial charge in [0.1, 0.15) is 23.7 Å². The fraction of sp³-hybridized carbons (Fsp3) is 0.524. The van der Waals surface area contributed by atoms with Gasteiger partial charge in [-0.1, -0.05) is 6.42 Å². The quantitative estimate of drug-likeness (QED) is 0.808. The van der Waals surface area contributed by atoms with Crippen LogP contribution in [0.25, 0.3) is 0 Å². The zero-order chi connectivity index (χ0) is 18.6. The van der Waals surface area contributed by atoms with Crippen molar-refractivity contribution >= 4 is 5.82 Å². The lowest BCUT2D eigenvalue weighted by molar-refractivity contribution is 0.141. The van der Waals surface area contributed by atoms with Crippen LogP contribution in [0.4, 0.5) is 10.2 Å². The first-order valence-corrected chi connectivity index (χ1v) is 9.94. The molecular weight excluding hydrogens is 343 g/mol. The van der Waals surface area contributed by atoms with Crippen LogP contribution >= 0.6 is 0 Å². The predicted molar refractivity (Wildman–Crippen MR) is 104 cm³/mol. The third-order valence-electron chi connectivity index (χ3n) is 5.67. The van der Waals surface area contributed by atoms with Gasteiger partial charge in [-0.3, -0.25) is 0 Å². The summed E-state index contributed by atoms with van der Waals surface area (Å²) < 4.78 is 19.1. The number of aryl methyl sites for hydroxylation is 1. The molecule has 0 radical (unpaired) electrons. The number of hydrogen-bond acceptors (Lipinski definition) is 5. The van der Waals surface area contributed by atoms with Crippen LogP contribution in [0.15, 0.2) is 30.6 Å². The summed E-state index contributed by atoms with van der Waals surface area (Å²) in [5.41, 5.74) is 0.748. The number of benzene rings is 1. The molecule has 4 rings (SSSR count). The van der Waals surface area contributed by atoms with Gasteiger partial charge in [0.15, 0.2) is 0 Å². The minimum absolute atomic E-state index is 0.264. The molecule has 1 aromatic heterocycles. The van der Waals surface area contributed by atoms with E-state index in [2.05, 4.69) is 19.8 Å². The zero-order valence-electron chi connectivity index (χ0n) is 15.9. The summed E-state index contributed by atoms with van der Waals surface area (Å²) in [6, 6.07) is 7.08. The number of nitrogens with zero attached hydrogens (tertiary/aromatic N) is 4. The van der Waals surface area contributed by atoms with E-state index >= 15 is 0 Å². The number of ether oxygens (including phenoxy) is 1. The second-order valence-corrected chi connectivity index (χ2v) is 7.54. The standard InChI is InChI=1S/C21H27FN4O/c1-16-13-17(22)5-6-19(16)27-21-14-20(23-15-24-21)26-11-7-18(8-12-26)25-9-3-2-4-10-25/h5-6,13-15,18H,2-4,7-12H2,1H3. The Bertz CT molecular complexity index is 771. The molecule has 0 atom stereocenters. The number of hydrogen-bond donors (Lipinski definition) is 0. The predicted octanol–water partition coefficient (Wildman–Crippen LogP) is 4.17. The topological polar surface area (TPSA) is 41.5 Å². The molecule has 2 aromatic rings. The van der Waals surface area contributed by atoms with Crippen molar-refractivity contribution < 1.29 is 9.13 Å².